The summed E-state index contributed by atoms with van der Waals surface area (Å²) in [7, 11) is 1.86. The number of nitrogens with zero attached hydrogens (tertiary/aromatic N) is 3. The van der Waals surface area contributed by atoms with Crippen molar-refractivity contribution in [2.75, 3.05) is 26.7 Å². The number of hydrogen-bond donors (Lipinski definition) is 0. The van der Waals surface area contributed by atoms with Gasteiger partial charge in [0, 0.05) is 32.1 Å². The number of amides is 2. The highest BCUT2D eigenvalue weighted by atomic mass is 32.1. The van der Waals surface area contributed by atoms with Crippen LogP contribution in [0.25, 0.3) is 9.88 Å². The van der Waals surface area contributed by atoms with Gasteiger partial charge in [0.1, 0.15) is 10.7 Å². The van der Waals surface area contributed by atoms with E-state index in [-0.39, 0.29) is 17.2 Å². The molecule has 126 valence electrons. The molecule has 0 unspecified atom stereocenters. The predicted octanol–water partition coefficient (Wildman–Crippen LogP) is 2.96. The van der Waals surface area contributed by atoms with Crippen LogP contribution in [-0.2, 0) is 4.79 Å². The molecule has 1 spiro atoms. The second-order valence-corrected chi connectivity index (χ2v) is 8.41. The lowest BCUT2D eigenvalue weighted by atomic mass is 9.78. The molecule has 0 aromatic carbocycles. The lowest BCUT2D eigenvalue weighted by molar-refractivity contribution is -0.143. The average molecular weight is 361 g/mol. The molecular weight excluding hydrogens is 342 g/mol. The first kappa shape index (κ1) is 15.8. The number of thiophene rings is 1. The Labute approximate surface area is 148 Å². The minimum atomic E-state index is -0.366. The molecule has 2 aliphatic heterocycles. The van der Waals surface area contributed by atoms with Gasteiger partial charge in [-0.15, -0.1) is 22.7 Å². The first-order valence-electron chi connectivity index (χ1n) is 8.13. The van der Waals surface area contributed by atoms with Crippen molar-refractivity contribution in [1.29, 1.82) is 0 Å². The van der Waals surface area contributed by atoms with Gasteiger partial charge in [-0.2, -0.15) is 0 Å². The fourth-order valence-corrected chi connectivity index (χ4v) is 5.35. The summed E-state index contributed by atoms with van der Waals surface area (Å²) in [5, 5.41) is 4.72. The monoisotopic (exact) mass is 361 g/mol. The second kappa shape index (κ2) is 5.97. The van der Waals surface area contributed by atoms with E-state index in [1.807, 2.05) is 39.7 Å². The van der Waals surface area contributed by atoms with Crippen LogP contribution in [0.5, 0.6) is 0 Å². The lowest BCUT2D eigenvalue weighted by Crippen LogP contribution is -2.48. The quantitative estimate of drug-likeness (QED) is 0.826. The molecule has 4 rings (SSSR count). The van der Waals surface area contributed by atoms with Gasteiger partial charge in [0.15, 0.2) is 0 Å². The normalized spacial score (nSPS) is 24.1. The molecule has 0 radical (unpaired) electrons. The van der Waals surface area contributed by atoms with Gasteiger partial charge in [-0.25, -0.2) is 4.98 Å². The summed E-state index contributed by atoms with van der Waals surface area (Å²) < 4.78 is 0. The molecule has 7 heteroatoms. The molecule has 0 saturated carbocycles. The summed E-state index contributed by atoms with van der Waals surface area (Å²) in [6.07, 6.45) is 2.67. The summed E-state index contributed by atoms with van der Waals surface area (Å²) in [5.41, 5.74) is 0.131. The summed E-state index contributed by atoms with van der Waals surface area (Å²) in [6, 6.07) is 4.00. The Morgan fingerprint density at radius 3 is 2.96 bits per heavy atom. The summed E-state index contributed by atoms with van der Waals surface area (Å²) in [5.74, 6) is 0.147. The fourth-order valence-electron chi connectivity index (χ4n) is 3.74. The molecule has 2 saturated heterocycles. The predicted molar refractivity (Wildman–Crippen MR) is 95.3 cm³/mol. The first-order valence-corrected chi connectivity index (χ1v) is 9.89. The fraction of sp³-hybridized carbons (Fsp3) is 0.471. The Balaban J connectivity index is 1.51. The molecule has 0 bridgehead atoms. The third-order valence-corrected chi connectivity index (χ3v) is 6.93. The van der Waals surface area contributed by atoms with Crippen LogP contribution in [0.1, 0.15) is 29.8 Å². The van der Waals surface area contributed by atoms with Gasteiger partial charge in [0.05, 0.1) is 10.3 Å². The van der Waals surface area contributed by atoms with Crippen molar-refractivity contribution in [3.63, 3.8) is 0 Å². The zero-order valence-electron chi connectivity index (χ0n) is 13.5. The van der Waals surface area contributed by atoms with Crippen LogP contribution in [0.3, 0.4) is 0 Å². The van der Waals surface area contributed by atoms with Crippen molar-refractivity contribution >= 4 is 34.5 Å². The van der Waals surface area contributed by atoms with E-state index in [4.69, 9.17) is 0 Å². The number of hydrogen-bond acceptors (Lipinski definition) is 5. The first-order chi connectivity index (χ1) is 11.6. The Morgan fingerprint density at radius 1 is 1.29 bits per heavy atom. The molecule has 2 aliphatic rings. The average Bonchev–Trinajstić information content (AvgIpc) is 3.31. The third-order valence-electron chi connectivity index (χ3n) is 5.05. The Morgan fingerprint density at radius 2 is 2.17 bits per heavy atom. The number of piperidine rings is 1. The molecule has 0 aliphatic carbocycles. The minimum Gasteiger partial charge on any atom is -0.345 e. The largest absolute Gasteiger partial charge is 0.345 e. The molecule has 2 amide bonds. The van der Waals surface area contributed by atoms with E-state index in [2.05, 4.69) is 4.98 Å². The zero-order chi connectivity index (χ0) is 16.7. The van der Waals surface area contributed by atoms with Crippen molar-refractivity contribution in [2.24, 2.45) is 5.41 Å². The van der Waals surface area contributed by atoms with Crippen molar-refractivity contribution < 1.29 is 9.59 Å². The zero-order valence-corrected chi connectivity index (χ0v) is 15.2. The SMILES string of the molecule is CN1CCC[C@@]2(CCN(C(=O)c3csc(-c4cccs4)n3)C2)C1=O. The van der Waals surface area contributed by atoms with E-state index >= 15 is 0 Å². The molecule has 2 aromatic heterocycles. The molecule has 1 atom stereocenters. The third kappa shape index (κ3) is 2.56. The minimum absolute atomic E-state index is 0.0491. The topological polar surface area (TPSA) is 53.5 Å². The van der Waals surface area contributed by atoms with Crippen LogP contribution in [0.15, 0.2) is 22.9 Å². The van der Waals surface area contributed by atoms with Crippen LogP contribution in [0.4, 0.5) is 0 Å². The molecule has 2 fully saturated rings. The van der Waals surface area contributed by atoms with Crippen molar-refractivity contribution in [3.8, 4) is 9.88 Å². The Kier molecular flexibility index (Phi) is 3.92. The maximum Gasteiger partial charge on any atom is 0.273 e. The molecule has 24 heavy (non-hydrogen) atoms. The lowest BCUT2D eigenvalue weighted by Gasteiger charge is -2.37. The van der Waals surface area contributed by atoms with Crippen molar-refractivity contribution in [1.82, 2.24) is 14.8 Å². The summed E-state index contributed by atoms with van der Waals surface area (Å²) in [6.45, 7) is 2.00. The van der Waals surface area contributed by atoms with E-state index in [9.17, 15) is 9.59 Å². The highest BCUT2D eigenvalue weighted by Gasteiger charge is 2.48. The van der Waals surface area contributed by atoms with E-state index in [1.54, 1.807) is 11.3 Å². The van der Waals surface area contributed by atoms with Crippen LogP contribution >= 0.6 is 22.7 Å². The highest BCUT2D eigenvalue weighted by molar-refractivity contribution is 7.20. The van der Waals surface area contributed by atoms with E-state index in [1.165, 1.54) is 11.3 Å². The maximum atomic E-state index is 12.8. The number of aromatic nitrogens is 1. The van der Waals surface area contributed by atoms with Crippen molar-refractivity contribution in [3.05, 3.63) is 28.6 Å². The summed E-state index contributed by atoms with van der Waals surface area (Å²) in [4.78, 5) is 34.6. The number of rotatable bonds is 2. The Hall–Kier alpha value is -1.73. The van der Waals surface area contributed by atoms with Gasteiger partial charge in [0.2, 0.25) is 5.91 Å². The van der Waals surface area contributed by atoms with Crippen LogP contribution in [-0.4, -0.2) is 53.3 Å². The summed E-state index contributed by atoms with van der Waals surface area (Å²) >= 11 is 3.12. The van der Waals surface area contributed by atoms with Gasteiger partial charge in [-0.05, 0) is 30.7 Å². The molecular formula is C17H19N3O2S2. The molecule has 5 nitrogen and oxygen atoms in total. The molecule has 4 heterocycles. The van der Waals surface area contributed by atoms with Gasteiger partial charge >= 0.3 is 0 Å². The standard InChI is InChI=1S/C17H19N3O2S2/c1-19-7-3-5-17(16(19)22)6-8-20(11-17)15(21)12-10-24-14(18-12)13-4-2-9-23-13/h2,4,9-10H,3,5-8,11H2,1H3/t17-/m0/s1. The number of carbonyl (C=O) groups excluding carboxylic acids is 2. The van der Waals surface area contributed by atoms with Gasteiger partial charge in [-0.1, -0.05) is 6.07 Å². The van der Waals surface area contributed by atoms with E-state index in [0.717, 1.165) is 35.7 Å². The van der Waals surface area contributed by atoms with Crippen molar-refractivity contribution in [2.45, 2.75) is 19.3 Å². The molecule has 0 N–H and O–H groups in total. The smallest absolute Gasteiger partial charge is 0.273 e. The maximum absolute atomic E-state index is 12.8. The van der Waals surface area contributed by atoms with Gasteiger partial charge < -0.3 is 9.80 Å². The second-order valence-electron chi connectivity index (χ2n) is 6.60. The number of carbonyl (C=O) groups is 2. The van der Waals surface area contributed by atoms with Crippen LogP contribution in [0, 0.1) is 5.41 Å². The number of thiazole rings is 1. The number of likely N-dealkylation sites (tertiary alicyclic amines) is 2. The highest BCUT2D eigenvalue weighted by Crippen LogP contribution is 2.40. The Bertz CT molecular complexity index is 771. The van der Waals surface area contributed by atoms with Crippen LogP contribution in [0.2, 0.25) is 0 Å². The van der Waals surface area contributed by atoms with E-state index < -0.39 is 0 Å². The van der Waals surface area contributed by atoms with Gasteiger partial charge in [0.25, 0.3) is 5.91 Å². The van der Waals surface area contributed by atoms with E-state index in [0.29, 0.717) is 18.8 Å². The van der Waals surface area contributed by atoms with Crippen LogP contribution < -0.4 is 0 Å². The molecule has 2 aromatic rings. The van der Waals surface area contributed by atoms with Gasteiger partial charge in [-0.3, -0.25) is 9.59 Å².